The third kappa shape index (κ3) is 4.63. The van der Waals surface area contributed by atoms with Gasteiger partial charge in [-0.2, -0.15) is 0 Å². The van der Waals surface area contributed by atoms with E-state index in [4.69, 9.17) is 10.5 Å². The van der Waals surface area contributed by atoms with Crippen LogP contribution in [0.15, 0.2) is 65.1 Å². The molecule has 1 heterocycles. The number of H-pyrrole nitrogens is 1. The van der Waals surface area contributed by atoms with Crippen molar-refractivity contribution in [3.05, 3.63) is 82.0 Å². The molecule has 7 heteroatoms. The number of hydrogen-bond acceptors (Lipinski definition) is 4. The summed E-state index contributed by atoms with van der Waals surface area (Å²) in [5, 5.41) is 5.01. The first-order valence-corrected chi connectivity index (χ1v) is 12.9. The number of nitrogen functional groups attached to an aromatic ring is 1. The van der Waals surface area contributed by atoms with Gasteiger partial charge in [0.2, 0.25) is 5.78 Å². The molecule has 0 bridgehead atoms. The third-order valence-electron chi connectivity index (χ3n) is 6.89. The van der Waals surface area contributed by atoms with E-state index in [2.05, 4.69) is 26.2 Å². The summed E-state index contributed by atoms with van der Waals surface area (Å²) in [6.07, 6.45) is 5.27. The van der Waals surface area contributed by atoms with Crippen LogP contribution in [-0.2, 0) is 0 Å². The number of aromatic nitrogens is 1. The van der Waals surface area contributed by atoms with Crippen molar-refractivity contribution in [2.45, 2.75) is 38.1 Å². The van der Waals surface area contributed by atoms with Crippen LogP contribution in [0.25, 0.3) is 21.9 Å². The SMILES string of the molecule is COc1ccc2cccc(-c3c(C(=O)c4ccc(Br)cc4)[nH]c(N)c3C(=O)NC3CCCCC3)c2c1. The van der Waals surface area contributed by atoms with Crippen molar-refractivity contribution in [2.75, 3.05) is 12.8 Å². The van der Waals surface area contributed by atoms with E-state index < -0.39 is 0 Å². The van der Waals surface area contributed by atoms with Gasteiger partial charge in [0.1, 0.15) is 11.6 Å². The van der Waals surface area contributed by atoms with Crippen molar-refractivity contribution in [3.8, 4) is 16.9 Å². The minimum atomic E-state index is -0.264. The lowest BCUT2D eigenvalue weighted by molar-refractivity contribution is 0.0929. The highest BCUT2D eigenvalue weighted by Crippen LogP contribution is 2.39. The summed E-state index contributed by atoms with van der Waals surface area (Å²) in [6.45, 7) is 0. The van der Waals surface area contributed by atoms with Gasteiger partial charge in [0, 0.05) is 21.6 Å². The molecule has 0 radical (unpaired) electrons. The molecule has 184 valence electrons. The summed E-state index contributed by atoms with van der Waals surface area (Å²) < 4.78 is 6.35. The molecule has 0 spiro atoms. The van der Waals surface area contributed by atoms with Gasteiger partial charge in [-0.25, -0.2) is 0 Å². The van der Waals surface area contributed by atoms with Crippen LogP contribution >= 0.6 is 15.9 Å². The van der Waals surface area contributed by atoms with E-state index in [1.54, 1.807) is 19.2 Å². The highest BCUT2D eigenvalue weighted by molar-refractivity contribution is 9.10. The summed E-state index contributed by atoms with van der Waals surface area (Å²) in [4.78, 5) is 30.4. The second-order valence-electron chi connectivity index (χ2n) is 9.20. The summed E-state index contributed by atoms with van der Waals surface area (Å²) in [6, 6.07) is 18.8. The fourth-order valence-electron chi connectivity index (χ4n) is 5.04. The fraction of sp³-hybridized carbons (Fsp3) is 0.241. The third-order valence-corrected chi connectivity index (χ3v) is 7.42. The number of aromatic amines is 1. The maximum atomic E-state index is 13.7. The van der Waals surface area contributed by atoms with Gasteiger partial charge in [-0.1, -0.05) is 59.5 Å². The second-order valence-corrected chi connectivity index (χ2v) is 10.1. The Balaban J connectivity index is 1.70. The molecular weight excluding hydrogens is 518 g/mol. The van der Waals surface area contributed by atoms with E-state index in [-0.39, 0.29) is 23.6 Å². The molecule has 1 amide bonds. The van der Waals surface area contributed by atoms with Crippen molar-refractivity contribution in [1.82, 2.24) is 10.3 Å². The number of ketones is 1. The molecule has 0 saturated heterocycles. The summed E-state index contributed by atoms with van der Waals surface area (Å²) in [5.41, 5.74) is 8.77. The lowest BCUT2D eigenvalue weighted by Gasteiger charge is -2.23. The Bertz CT molecular complexity index is 1440. The first-order valence-electron chi connectivity index (χ1n) is 12.2. The Morgan fingerprint density at radius 1 is 1.03 bits per heavy atom. The number of benzene rings is 3. The number of rotatable bonds is 6. The quantitative estimate of drug-likeness (QED) is 0.241. The average Bonchev–Trinajstić information content (AvgIpc) is 3.25. The molecule has 6 nitrogen and oxygen atoms in total. The van der Waals surface area contributed by atoms with E-state index in [1.165, 1.54) is 6.42 Å². The van der Waals surface area contributed by atoms with Crippen LogP contribution in [0, 0.1) is 0 Å². The lowest BCUT2D eigenvalue weighted by atomic mass is 9.91. The van der Waals surface area contributed by atoms with Gasteiger partial charge in [-0.15, -0.1) is 0 Å². The van der Waals surface area contributed by atoms with Gasteiger partial charge in [-0.05, 0) is 65.6 Å². The molecule has 5 rings (SSSR count). The number of nitrogens with two attached hydrogens (primary N) is 1. The Morgan fingerprint density at radius 3 is 2.50 bits per heavy atom. The predicted molar refractivity (Wildman–Crippen MR) is 147 cm³/mol. The zero-order valence-electron chi connectivity index (χ0n) is 20.1. The maximum Gasteiger partial charge on any atom is 0.255 e. The van der Waals surface area contributed by atoms with Gasteiger partial charge < -0.3 is 20.8 Å². The summed E-state index contributed by atoms with van der Waals surface area (Å²) in [5.74, 6) is 0.368. The van der Waals surface area contributed by atoms with Crippen molar-refractivity contribution in [1.29, 1.82) is 0 Å². The maximum absolute atomic E-state index is 13.7. The van der Waals surface area contributed by atoms with Gasteiger partial charge in [0.05, 0.1) is 18.4 Å². The molecule has 0 unspecified atom stereocenters. The van der Waals surface area contributed by atoms with Gasteiger partial charge in [0.25, 0.3) is 5.91 Å². The molecule has 1 aliphatic rings. The van der Waals surface area contributed by atoms with Crippen LogP contribution in [-0.4, -0.2) is 29.8 Å². The Kier molecular flexibility index (Phi) is 6.83. The van der Waals surface area contributed by atoms with Gasteiger partial charge >= 0.3 is 0 Å². The van der Waals surface area contributed by atoms with Crippen LogP contribution in [0.1, 0.15) is 58.5 Å². The first-order chi connectivity index (χ1) is 17.5. The van der Waals surface area contributed by atoms with Gasteiger partial charge in [0.15, 0.2) is 0 Å². The topological polar surface area (TPSA) is 97.2 Å². The number of amides is 1. The number of carbonyl (C=O) groups is 2. The van der Waals surface area contributed by atoms with E-state index in [1.807, 2.05) is 48.5 Å². The lowest BCUT2D eigenvalue weighted by Crippen LogP contribution is -2.36. The summed E-state index contributed by atoms with van der Waals surface area (Å²) >= 11 is 3.42. The van der Waals surface area contributed by atoms with Crippen LogP contribution in [0.4, 0.5) is 5.82 Å². The Labute approximate surface area is 218 Å². The number of ether oxygens (including phenoxy) is 1. The normalized spacial score (nSPS) is 14.1. The largest absolute Gasteiger partial charge is 0.497 e. The van der Waals surface area contributed by atoms with Crippen molar-refractivity contribution >= 4 is 44.2 Å². The van der Waals surface area contributed by atoms with Crippen LogP contribution in [0.2, 0.25) is 0 Å². The monoisotopic (exact) mass is 545 g/mol. The smallest absolute Gasteiger partial charge is 0.255 e. The number of methoxy groups -OCH3 is 1. The standard InChI is InChI=1S/C29H28BrN3O3/c1-36-21-15-12-17-6-5-9-22(23(17)16-21)24-25(29(35)32-20-7-3-2-4-8-20)28(31)33-26(24)27(34)18-10-13-19(30)14-11-18/h5-6,9-16,20,33H,2-4,7-8,31H2,1H3,(H,32,35). The molecule has 1 aromatic heterocycles. The zero-order valence-corrected chi connectivity index (χ0v) is 21.7. The van der Waals surface area contributed by atoms with E-state index >= 15 is 0 Å². The van der Waals surface area contributed by atoms with Crippen LogP contribution < -0.4 is 15.8 Å². The van der Waals surface area contributed by atoms with E-state index in [0.717, 1.165) is 46.5 Å². The summed E-state index contributed by atoms with van der Waals surface area (Å²) in [7, 11) is 1.61. The molecule has 0 atom stereocenters. The Hall–Kier alpha value is -3.58. The number of anilines is 1. The number of carbonyl (C=O) groups excluding carboxylic acids is 2. The second kappa shape index (κ2) is 10.2. The van der Waals surface area contributed by atoms with Gasteiger partial charge in [-0.3, -0.25) is 9.59 Å². The molecular formula is C29H28BrN3O3. The highest BCUT2D eigenvalue weighted by atomic mass is 79.9. The molecule has 0 aliphatic heterocycles. The van der Waals surface area contributed by atoms with Crippen molar-refractivity contribution in [3.63, 3.8) is 0 Å². The number of halogens is 1. The number of nitrogens with one attached hydrogen (secondary N) is 2. The minimum absolute atomic E-state index is 0.103. The zero-order chi connectivity index (χ0) is 25.2. The number of hydrogen-bond donors (Lipinski definition) is 3. The highest BCUT2D eigenvalue weighted by Gasteiger charge is 2.29. The predicted octanol–water partition coefficient (Wildman–Crippen LogP) is 6.48. The van der Waals surface area contributed by atoms with E-state index in [0.29, 0.717) is 28.1 Å². The first kappa shape index (κ1) is 24.1. The van der Waals surface area contributed by atoms with Crippen LogP contribution in [0.3, 0.4) is 0 Å². The fourth-order valence-corrected chi connectivity index (χ4v) is 5.31. The molecule has 1 aliphatic carbocycles. The molecule has 1 fully saturated rings. The van der Waals surface area contributed by atoms with E-state index in [9.17, 15) is 9.59 Å². The minimum Gasteiger partial charge on any atom is -0.497 e. The molecule has 1 saturated carbocycles. The van der Waals surface area contributed by atoms with Crippen molar-refractivity contribution in [2.24, 2.45) is 0 Å². The molecule has 3 aromatic carbocycles. The number of fused-ring (bicyclic) bond motifs is 1. The molecule has 4 N–H and O–H groups in total. The Morgan fingerprint density at radius 2 is 1.78 bits per heavy atom. The molecule has 4 aromatic rings. The molecule has 36 heavy (non-hydrogen) atoms. The van der Waals surface area contributed by atoms with Crippen molar-refractivity contribution < 1.29 is 14.3 Å². The van der Waals surface area contributed by atoms with Crippen LogP contribution in [0.5, 0.6) is 5.75 Å². The average molecular weight is 546 g/mol.